The molecule has 0 atom stereocenters. The largest absolute Gasteiger partial charge is 0.351 e. The van der Waals surface area contributed by atoms with E-state index in [1.54, 1.807) is 31.2 Å². The smallest absolute Gasteiger partial charge is 0.230 e. The summed E-state index contributed by atoms with van der Waals surface area (Å²) in [5.41, 5.74) is 0.980. The lowest BCUT2D eigenvalue weighted by molar-refractivity contribution is -0.118. The average molecular weight is 365 g/mol. The lowest BCUT2D eigenvalue weighted by Crippen LogP contribution is -2.24. The molecule has 0 fully saturated rings. The van der Waals surface area contributed by atoms with E-state index in [4.69, 9.17) is 11.6 Å². The number of carbonyl (C=O) groups is 2. The van der Waals surface area contributed by atoms with E-state index in [9.17, 15) is 9.59 Å². The predicted octanol–water partition coefficient (Wildman–Crippen LogP) is 2.89. The maximum atomic E-state index is 11.8. The molecule has 24 heavy (non-hydrogen) atoms. The highest BCUT2D eigenvalue weighted by Gasteiger charge is 2.06. The Morgan fingerprint density at radius 2 is 1.83 bits per heavy atom. The average Bonchev–Trinajstić information content (AvgIpc) is 2.60. The Labute approximate surface area is 149 Å². The molecule has 0 spiro atoms. The number of nitrogens with zero attached hydrogens (tertiary/aromatic N) is 2. The minimum absolute atomic E-state index is 0.0971. The molecule has 0 aliphatic rings. The number of hydrogen-bond acceptors (Lipinski definition) is 5. The molecule has 8 heteroatoms. The van der Waals surface area contributed by atoms with Crippen molar-refractivity contribution in [2.24, 2.45) is 0 Å². The van der Waals surface area contributed by atoms with Gasteiger partial charge in [0, 0.05) is 18.0 Å². The molecule has 0 saturated heterocycles. The van der Waals surface area contributed by atoms with Gasteiger partial charge in [0.1, 0.15) is 5.03 Å². The lowest BCUT2D eigenvalue weighted by atomic mass is 10.2. The zero-order chi connectivity index (χ0) is 17.4. The summed E-state index contributed by atoms with van der Waals surface area (Å²) in [5, 5.41) is 14.6. The van der Waals surface area contributed by atoms with Gasteiger partial charge < -0.3 is 10.6 Å². The standard InChI is InChI=1S/C16H17ClN4O2S/c1-2-14(22)19-13-7-8-16(21-20-13)24-10-15(23)18-9-11-3-5-12(17)6-4-11/h3-8H,2,9-10H2,1H3,(H,18,23)(H,19,20,22). The van der Waals surface area contributed by atoms with Crippen molar-refractivity contribution in [3.8, 4) is 0 Å². The molecule has 0 bridgehead atoms. The molecule has 0 saturated carbocycles. The summed E-state index contributed by atoms with van der Waals surface area (Å²) in [6.07, 6.45) is 0.381. The number of nitrogens with one attached hydrogen (secondary N) is 2. The maximum absolute atomic E-state index is 11.8. The van der Waals surface area contributed by atoms with Crippen LogP contribution in [-0.2, 0) is 16.1 Å². The summed E-state index contributed by atoms with van der Waals surface area (Å²) >= 11 is 7.09. The van der Waals surface area contributed by atoms with Crippen LogP contribution in [0.3, 0.4) is 0 Å². The maximum Gasteiger partial charge on any atom is 0.230 e. The molecule has 126 valence electrons. The van der Waals surface area contributed by atoms with Gasteiger partial charge in [-0.1, -0.05) is 42.4 Å². The third-order valence-electron chi connectivity index (χ3n) is 2.98. The summed E-state index contributed by atoms with van der Waals surface area (Å²) < 4.78 is 0. The Morgan fingerprint density at radius 1 is 1.08 bits per heavy atom. The van der Waals surface area contributed by atoms with E-state index in [1.807, 2.05) is 12.1 Å². The number of benzene rings is 1. The van der Waals surface area contributed by atoms with Crippen LogP contribution < -0.4 is 10.6 Å². The monoisotopic (exact) mass is 364 g/mol. The molecule has 2 rings (SSSR count). The first-order valence-corrected chi connectivity index (χ1v) is 8.70. The fourth-order valence-corrected chi connectivity index (χ4v) is 2.46. The summed E-state index contributed by atoms with van der Waals surface area (Å²) in [4.78, 5) is 23.1. The van der Waals surface area contributed by atoms with Crippen LogP contribution in [0.15, 0.2) is 41.4 Å². The molecule has 0 aliphatic carbocycles. The predicted molar refractivity (Wildman–Crippen MR) is 95.0 cm³/mol. The SMILES string of the molecule is CCC(=O)Nc1ccc(SCC(=O)NCc2ccc(Cl)cc2)nn1. The van der Waals surface area contributed by atoms with Gasteiger partial charge >= 0.3 is 0 Å². The molecule has 0 unspecified atom stereocenters. The van der Waals surface area contributed by atoms with Gasteiger partial charge in [-0.3, -0.25) is 9.59 Å². The van der Waals surface area contributed by atoms with E-state index in [0.29, 0.717) is 28.8 Å². The fourth-order valence-electron chi connectivity index (χ4n) is 1.69. The molecular formula is C16H17ClN4O2S. The lowest BCUT2D eigenvalue weighted by Gasteiger charge is -2.06. The van der Waals surface area contributed by atoms with Crippen LogP contribution in [0.2, 0.25) is 5.02 Å². The van der Waals surface area contributed by atoms with Crippen molar-refractivity contribution in [2.75, 3.05) is 11.1 Å². The third-order valence-corrected chi connectivity index (χ3v) is 4.15. The molecule has 0 aliphatic heterocycles. The van der Waals surface area contributed by atoms with Gasteiger partial charge in [-0.05, 0) is 29.8 Å². The number of halogens is 1. The van der Waals surface area contributed by atoms with Crippen LogP contribution in [0.5, 0.6) is 0 Å². The Hall–Kier alpha value is -2.12. The highest BCUT2D eigenvalue weighted by atomic mass is 35.5. The van der Waals surface area contributed by atoms with Gasteiger partial charge in [0.05, 0.1) is 5.75 Å². The first kappa shape index (κ1) is 18.2. The van der Waals surface area contributed by atoms with Crippen molar-refractivity contribution >= 4 is 41.0 Å². The van der Waals surface area contributed by atoms with E-state index >= 15 is 0 Å². The Balaban J connectivity index is 1.75. The highest BCUT2D eigenvalue weighted by molar-refractivity contribution is 7.99. The number of anilines is 1. The number of hydrogen-bond donors (Lipinski definition) is 2. The van der Waals surface area contributed by atoms with Gasteiger partial charge in [0.2, 0.25) is 11.8 Å². The quantitative estimate of drug-likeness (QED) is 0.738. The van der Waals surface area contributed by atoms with Gasteiger partial charge in [0.25, 0.3) is 0 Å². The van der Waals surface area contributed by atoms with E-state index in [1.165, 1.54) is 11.8 Å². The molecule has 2 amide bonds. The summed E-state index contributed by atoms with van der Waals surface area (Å²) in [5.74, 6) is 0.424. The van der Waals surface area contributed by atoms with Crippen molar-refractivity contribution < 1.29 is 9.59 Å². The van der Waals surface area contributed by atoms with E-state index < -0.39 is 0 Å². The molecule has 2 aromatic rings. The first-order chi connectivity index (χ1) is 11.6. The zero-order valence-electron chi connectivity index (χ0n) is 13.1. The third kappa shape index (κ3) is 6.17. The van der Waals surface area contributed by atoms with Gasteiger partial charge in [-0.25, -0.2) is 0 Å². The number of carbonyl (C=O) groups excluding carboxylic acids is 2. The molecule has 1 aromatic heterocycles. The summed E-state index contributed by atoms with van der Waals surface area (Å²) in [6, 6.07) is 10.7. The van der Waals surface area contributed by atoms with Gasteiger partial charge in [0.15, 0.2) is 5.82 Å². The molecule has 2 N–H and O–H groups in total. The Kier molecular flexibility index (Phi) is 7.02. The summed E-state index contributed by atoms with van der Waals surface area (Å²) in [6.45, 7) is 2.21. The van der Waals surface area contributed by atoms with Crippen LogP contribution >= 0.6 is 23.4 Å². The van der Waals surface area contributed by atoms with Crippen molar-refractivity contribution in [1.29, 1.82) is 0 Å². The molecule has 1 aromatic carbocycles. The van der Waals surface area contributed by atoms with Crippen LogP contribution in [-0.4, -0.2) is 27.8 Å². The second-order valence-corrected chi connectivity index (χ2v) is 6.28. The molecule has 0 radical (unpaired) electrons. The molecule has 6 nitrogen and oxygen atoms in total. The van der Waals surface area contributed by atoms with Gasteiger partial charge in [-0.15, -0.1) is 10.2 Å². The van der Waals surface area contributed by atoms with Gasteiger partial charge in [-0.2, -0.15) is 0 Å². The number of rotatable bonds is 7. The molecular weight excluding hydrogens is 348 g/mol. The summed E-state index contributed by atoms with van der Waals surface area (Å²) in [7, 11) is 0. The van der Waals surface area contributed by atoms with Crippen LogP contribution in [0.1, 0.15) is 18.9 Å². The van der Waals surface area contributed by atoms with E-state index in [0.717, 1.165) is 5.56 Å². The van der Waals surface area contributed by atoms with Crippen molar-refractivity contribution in [3.05, 3.63) is 47.0 Å². The normalized spacial score (nSPS) is 10.2. The fraction of sp³-hybridized carbons (Fsp3) is 0.250. The van der Waals surface area contributed by atoms with Crippen LogP contribution in [0.25, 0.3) is 0 Å². The second-order valence-electron chi connectivity index (χ2n) is 4.85. The minimum atomic E-state index is -0.119. The Bertz CT molecular complexity index is 692. The Morgan fingerprint density at radius 3 is 2.46 bits per heavy atom. The number of aromatic nitrogens is 2. The van der Waals surface area contributed by atoms with Crippen molar-refractivity contribution in [3.63, 3.8) is 0 Å². The van der Waals surface area contributed by atoms with Crippen LogP contribution in [0, 0.1) is 0 Å². The van der Waals surface area contributed by atoms with Crippen molar-refractivity contribution in [1.82, 2.24) is 15.5 Å². The van der Waals surface area contributed by atoms with E-state index in [-0.39, 0.29) is 17.6 Å². The topological polar surface area (TPSA) is 84.0 Å². The second kappa shape index (κ2) is 9.24. The first-order valence-electron chi connectivity index (χ1n) is 7.34. The zero-order valence-corrected chi connectivity index (χ0v) is 14.7. The minimum Gasteiger partial charge on any atom is -0.351 e. The van der Waals surface area contributed by atoms with E-state index in [2.05, 4.69) is 20.8 Å². The number of amides is 2. The number of thioether (sulfide) groups is 1. The van der Waals surface area contributed by atoms with Crippen LogP contribution in [0.4, 0.5) is 5.82 Å². The van der Waals surface area contributed by atoms with Crippen molar-refractivity contribution in [2.45, 2.75) is 24.9 Å². The molecule has 1 heterocycles. The highest BCUT2D eigenvalue weighted by Crippen LogP contribution is 2.15.